The summed E-state index contributed by atoms with van der Waals surface area (Å²) in [5, 5.41) is 9.10. The molecule has 0 radical (unpaired) electrons. The van der Waals surface area contributed by atoms with Crippen molar-refractivity contribution in [2.45, 2.75) is 44.6 Å². The number of aliphatic hydroxyl groups excluding tert-OH is 1. The van der Waals surface area contributed by atoms with Crippen molar-refractivity contribution in [2.24, 2.45) is 0 Å². The first kappa shape index (κ1) is 17.1. The third-order valence-corrected chi connectivity index (χ3v) is 5.09. The van der Waals surface area contributed by atoms with Gasteiger partial charge in [0.15, 0.2) is 0 Å². The predicted octanol–water partition coefficient (Wildman–Crippen LogP) is 2.44. The molecule has 0 fully saturated rings. The van der Waals surface area contributed by atoms with Crippen LogP contribution in [-0.4, -0.2) is 31.4 Å². The summed E-state index contributed by atoms with van der Waals surface area (Å²) in [6, 6.07) is 2.51. The van der Waals surface area contributed by atoms with E-state index in [9.17, 15) is 12.8 Å². The molecule has 4 nitrogen and oxygen atoms in total. The number of rotatable bonds is 7. The molecule has 114 valence electrons. The van der Waals surface area contributed by atoms with Crippen LogP contribution >= 0.6 is 0 Å². The van der Waals surface area contributed by atoms with E-state index in [1.807, 2.05) is 6.92 Å². The van der Waals surface area contributed by atoms with E-state index in [4.69, 9.17) is 5.11 Å². The third kappa shape index (κ3) is 3.77. The molecule has 0 atom stereocenters. The number of aryl methyl sites for hydroxylation is 1. The van der Waals surface area contributed by atoms with Crippen molar-refractivity contribution in [3.8, 4) is 0 Å². The summed E-state index contributed by atoms with van der Waals surface area (Å²) >= 11 is 0. The molecule has 0 aromatic heterocycles. The molecule has 0 saturated carbocycles. The molecule has 1 N–H and O–H groups in total. The molecule has 0 bridgehead atoms. The second-order valence-corrected chi connectivity index (χ2v) is 6.95. The van der Waals surface area contributed by atoms with Crippen LogP contribution in [0.1, 0.15) is 37.3 Å². The first-order chi connectivity index (χ1) is 9.34. The van der Waals surface area contributed by atoms with Crippen LogP contribution in [0.15, 0.2) is 17.0 Å². The number of unbranched alkanes of at least 4 members (excludes halogenated alkanes) is 2. The first-order valence-corrected chi connectivity index (χ1v) is 8.14. The molecule has 6 heteroatoms. The molecule has 1 aromatic carbocycles. The fourth-order valence-corrected chi connectivity index (χ4v) is 3.30. The highest BCUT2D eigenvalue weighted by atomic mass is 32.2. The van der Waals surface area contributed by atoms with Crippen LogP contribution in [0, 0.1) is 12.7 Å². The quantitative estimate of drug-likeness (QED) is 0.787. The second kappa shape index (κ2) is 7.15. The van der Waals surface area contributed by atoms with E-state index < -0.39 is 22.4 Å². The minimum Gasteiger partial charge on any atom is -0.392 e. The topological polar surface area (TPSA) is 57.6 Å². The van der Waals surface area contributed by atoms with Crippen LogP contribution in [0.2, 0.25) is 0 Å². The molecule has 0 saturated heterocycles. The Morgan fingerprint density at radius 3 is 2.50 bits per heavy atom. The Hall–Kier alpha value is -0.980. The third-order valence-electron chi connectivity index (χ3n) is 3.26. The Balaban J connectivity index is 3.06. The van der Waals surface area contributed by atoms with Gasteiger partial charge in [-0.2, -0.15) is 0 Å². The number of hydrogen-bond donors (Lipinski definition) is 1. The van der Waals surface area contributed by atoms with E-state index in [0.29, 0.717) is 6.54 Å². The van der Waals surface area contributed by atoms with Gasteiger partial charge in [-0.05, 0) is 31.0 Å². The summed E-state index contributed by atoms with van der Waals surface area (Å²) in [6.07, 6.45) is 2.77. The molecule has 0 aliphatic carbocycles. The van der Waals surface area contributed by atoms with E-state index in [-0.39, 0.29) is 16.0 Å². The molecule has 0 unspecified atom stereocenters. The fraction of sp³-hybridized carbons (Fsp3) is 0.571. The Kier molecular flexibility index (Phi) is 6.10. The molecule has 0 spiro atoms. The molecule has 0 aliphatic heterocycles. The largest absolute Gasteiger partial charge is 0.392 e. The van der Waals surface area contributed by atoms with Gasteiger partial charge in [-0.3, -0.25) is 0 Å². The lowest BCUT2D eigenvalue weighted by molar-refractivity contribution is 0.275. The van der Waals surface area contributed by atoms with Crippen LogP contribution < -0.4 is 0 Å². The molecule has 20 heavy (non-hydrogen) atoms. The normalized spacial score (nSPS) is 12.1. The van der Waals surface area contributed by atoms with Crippen molar-refractivity contribution in [1.29, 1.82) is 0 Å². The maximum absolute atomic E-state index is 13.7. The Bertz CT molecular complexity index is 558. The van der Waals surface area contributed by atoms with Gasteiger partial charge >= 0.3 is 0 Å². The lowest BCUT2D eigenvalue weighted by Gasteiger charge is -2.18. The van der Waals surface area contributed by atoms with E-state index in [1.165, 1.54) is 30.4 Å². The average Bonchev–Trinajstić information content (AvgIpc) is 2.41. The highest BCUT2D eigenvalue weighted by molar-refractivity contribution is 7.89. The predicted molar refractivity (Wildman–Crippen MR) is 76.4 cm³/mol. The number of nitrogens with zero attached hydrogens (tertiary/aromatic N) is 1. The summed E-state index contributed by atoms with van der Waals surface area (Å²) in [5.41, 5.74) is 0.225. The van der Waals surface area contributed by atoms with Crippen molar-refractivity contribution in [3.63, 3.8) is 0 Å². The van der Waals surface area contributed by atoms with E-state index in [2.05, 4.69) is 0 Å². The summed E-state index contributed by atoms with van der Waals surface area (Å²) in [6.45, 7) is 3.45. The zero-order chi connectivity index (χ0) is 15.3. The van der Waals surface area contributed by atoms with Gasteiger partial charge in [0.25, 0.3) is 0 Å². The minimum absolute atomic E-state index is 0.00512. The molecule has 0 aliphatic rings. The molecule has 0 amide bonds. The maximum atomic E-state index is 13.7. The van der Waals surface area contributed by atoms with Crippen molar-refractivity contribution >= 4 is 10.0 Å². The highest BCUT2D eigenvalue weighted by Gasteiger charge is 2.22. The number of hydrogen-bond acceptors (Lipinski definition) is 3. The SMILES string of the molecule is CCCCCN(C)S(=O)(=O)c1cc(C)c(F)c(CO)c1. The molecule has 1 aromatic rings. The summed E-state index contributed by atoms with van der Waals surface area (Å²) < 4.78 is 39.7. The highest BCUT2D eigenvalue weighted by Crippen LogP contribution is 2.22. The van der Waals surface area contributed by atoms with Crippen LogP contribution in [-0.2, 0) is 16.6 Å². The Morgan fingerprint density at radius 1 is 1.30 bits per heavy atom. The Labute approximate surface area is 120 Å². The zero-order valence-corrected chi connectivity index (χ0v) is 13.0. The average molecular weight is 303 g/mol. The molecular weight excluding hydrogens is 281 g/mol. The molecule has 1 rings (SSSR count). The number of benzene rings is 1. The lowest BCUT2D eigenvalue weighted by atomic mass is 10.1. The van der Waals surface area contributed by atoms with E-state index in [0.717, 1.165) is 19.3 Å². The first-order valence-electron chi connectivity index (χ1n) is 6.70. The van der Waals surface area contributed by atoms with Crippen molar-refractivity contribution < 1.29 is 17.9 Å². The van der Waals surface area contributed by atoms with Gasteiger partial charge in [0.1, 0.15) is 5.82 Å². The molecular formula is C14H22FNO3S. The van der Waals surface area contributed by atoms with Crippen LogP contribution in [0.5, 0.6) is 0 Å². The van der Waals surface area contributed by atoms with Crippen LogP contribution in [0.3, 0.4) is 0 Å². The van der Waals surface area contributed by atoms with Gasteiger partial charge in [-0.1, -0.05) is 19.8 Å². The van der Waals surface area contributed by atoms with E-state index >= 15 is 0 Å². The summed E-state index contributed by atoms with van der Waals surface area (Å²) in [4.78, 5) is 0.0273. The zero-order valence-electron chi connectivity index (χ0n) is 12.2. The van der Waals surface area contributed by atoms with Gasteiger partial charge < -0.3 is 5.11 Å². The summed E-state index contributed by atoms with van der Waals surface area (Å²) in [7, 11) is -2.12. The van der Waals surface area contributed by atoms with Gasteiger partial charge in [0.05, 0.1) is 11.5 Å². The van der Waals surface area contributed by atoms with Crippen molar-refractivity contribution in [1.82, 2.24) is 4.31 Å². The lowest BCUT2D eigenvalue weighted by Crippen LogP contribution is -2.28. The minimum atomic E-state index is -3.64. The summed E-state index contributed by atoms with van der Waals surface area (Å²) in [5.74, 6) is -0.555. The van der Waals surface area contributed by atoms with Gasteiger partial charge in [-0.15, -0.1) is 0 Å². The van der Waals surface area contributed by atoms with Gasteiger partial charge in [-0.25, -0.2) is 17.1 Å². The van der Waals surface area contributed by atoms with Crippen molar-refractivity contribution in [3.05, 3.63) is 29.1 Å². The smallest absolute Gasteiger partial charge is 0.242 e. The second-order valence-electron chi connectivity index (χ2n) is 4.91. The fourth-order valence-electron chi connectivity index (χ4n) is 1.96. The standard InChI is InChI=1S/C14H22FNO3S/c1-4-5-6-7-16(3)20(18,19)13-8-11(2)14(15)12(9-13)10-17/h8-9,17H,4-7,10H2,1-3H3. The van der Waals surface area contributed by atoms with Crippen LogP contribution in [0.4, 0.5) is 4.39 Å². The van der Waals surface area contributed by atoms with Gasteiger partial charge in [0, 0.05) is 19.2 Å². The van der Waals surface area contributed by atoms with Gasteiger partial charge in [0.2, 0.25) is 10.0 Å². The maximum Gasteiger partial charge on any atom is 0.242 e. The number of sulfonamides is 1. The van der Waals surface area contributed by atoms with Crippen molar-refractivity contribution in [2.75, 3.05) is 13.6 Å². The Morgan fingerprint density at radius 2 is 1.95 bits per heavy atom. The number of aliphatic hydroxyl groups is 1. The number of halogens is 1. The monoisotopic (exact) mass is 303 g/mol. The van der Waals surface area contributed by atoms with Crippen LogP contribution in [0.25, 0.3) is 0 Å². The molecule has 0 heterocycles. The van der Waals surface area contributed by atoms with E-state index in [1.54, 1.807) is 0 Å².